The molecular formula is C26H18N2O4. The van der Waals surface area contributed by atoms with E-state index in [1.165, 1.54) is 0 Å². The molecule has 2 aliphatic rings. The van der Waals surface area contributed by atoms with E-state index < -0.39 is 5.76 Å². The Balaban J connectivity index is 1.70. The van der Waals surface area contributed by atoms with Crippen LogP contribution in [-0.2, 0) is 0 Å². The maximum Gasteiger partial charge on any atom is 0.417 e. The lowest BCUT2D eigenvalue weighted by Crippen LogP contribution is -2.47. The summed E-state index contributed by atoms with van der Waals surface area (Å²) in [4.78, 5) is 28.0. The Morgan fingerprint density at radius 1 is 0.938 bits per heavy atom. The zero-order valence-corrected chi connectivity index (χ0v) is 17.0. The van der Waals surface area contributed by atoms with Crippen LogP contribution >= 0.6 is 0 Å². The van der Waals surface area contributed by atoms with E-state index in [0.29, 0.717) is 27.8 Å². The molecule has 2 heterocycles. The minimum atomic E-state index is -0.606. The van der Waals surface area contributed by atoms with E-state index in [4.69, 9.17) is 14.6 Å². The van der Waals surface area contributed by atoms with Crippen molar-refractivity contribution in [3.63, 3.8) is 0 Å². The fourth-order valence-corrected chi connectivity index (χ4v) is 4.35. The maximum atomic E-state index is 13.7. The van der Waals surface area contributed by atoms with Crippen molar-refractivity contribution in [1.82, 2.24) is 4.98 Å². The first-order valence-electron chi connectivity index (χ1n) is 10.5. The first-order chi connectivity index (χ1) is 15.5. The van der Waals surface area contributed by atoms with Crippen LogP contribution in [0.25, 0.3) is 39.0 Å². The van der Waals surface area contributed by atoms with E-state index >= 15 is 0 Å². The predicted molar refractivity (Wildman–Crippen MR) is 122 cm³/mol. The molecule has 3 N–H and O–H groups in total. The summed E-state index contributed by atoms with van der Waals surface area (Å²) in [7, 11) is 0. The number of rotatable bonds is 3. The second-order valence-electron chi connectivity index (χ2n) is 8.26. The predicted octanol–water partition coefficient (Wildman–Crippen LogP) is 4.41. The number of hydrogen-bond acceptors (Lipinski definition) is 5. The summed E-state index contributed by atoms with van der Waals surface area (Å²) in [5, 5.41) is 0.321. The zero-order chi connectivity index (χ0) is 21.9. The van der Waals surface area contributed by atoms with Gasteiger partial charge in [0.15, 0.2) is 11.2 Å². The lowest BCUT2D eigenvalue weighted by atomic mass is 9.72. The van der Waals surface area contributed by atoms with Crippen LogP contribution in [0.1, 0.15) is 24.8 Å². The molecule has 0 radical (unpaired) electrons. The number of H-pyrrole nitrogens is 1. The van der Waals surface area contributed by atoms with Crippen LogP contribution in [-0.4, -0.2) is 10.5 Å². The van der Waals surface area contributed by atoms with E-state index in [9.17, 15) is 9.59 Å². The van der Waals surface area contributed by atoms with Crippen molar-refractivity contribution in [2.45, 2.75) is 24.8 Å². The molecule has 156 valence electrons. The molecule has 32 heavy (non-hydrogen) atoms. The zero-order valence-electron chi connectivity index (χ0n) is 17.0. The van der Waals surface area contributed by atoms with Crippen molar-refractivity contribution in [3.05, 3.63) is 98.0 Å². The third kappa shape index (κ3) is 2.72. The van der Waals surface area contributed by atoms with Gasteiger partial charge in [0.05, 0.1) is 16.5 Å². The lowest BCUT2D eigenvalue weighted by molar-refractivity contribution is 0.304. The Kier molecular flexibility index (Phi) is 3.91. The molecule has 0 amide bonds. The van der Waals surface area contributed by atoms with Gasteiger partial charge < -0.3 is 14.6 Å². The van der Waals surface area contributed by atoms with Gasteiger partial charge in [-0.15, -0.1) is 0 Å². The summed E-state index contributed by atoms with van der Waals surface area (Å²) in [6, 6.07) is 12.6. The smallest absolute Gasteiger partial charge is 0.417 e. The summed E-state index contributed by atoms with van der Waals surface area (Å²) in [6.45, 7) is 0. The molecule has 4 aromatic rings. The van der Waals surface area contributed by atoms with Gasteiger partial charge in [0.25, 0.3) is 0 Å². The van der Waals surface area contributed by atoms with Crippen molar-refractivity contribution >= 4 is 27.6 Å². The average Bonchev–Trinajstić information content (AvgIpc) is 3.19. The van der Waals surface area contributed by atoms with Crippen LogP contribution in [0.2, 0.25) is 0 Å². The standard InChI is InChI=1S/C26H18N2O4/c27-26(13-4-14-26)17-9-7-15(8-10-17)20-21(29)18-11-12-19-24(32-25(30)28-19)23(18)31-22(20)16-5-2-1-3-6-16/h1-3,5-7,9,11-12H,4,13-14,27H2,(H,28,30). The number of allylic oxidation sites excluding steroid dienone is 2. The molecule has 6 nitrogen and oxygen atoms in total. The number of aromatic nitrogens is 1. The van der Waals surface area contributed by atoms with Gasteiger partial charge in [-0.2, -0.15) is 0 Å². The second kappa shape index (κ2) is 6.71. The van der Waals surface area contributed by atoms with Crippen LogP contribution in [0.3, 0.4) is 0 Å². The van der Waals surface area contributed by atoms with Gasteiger partial charge in [-0.05, 0) is 43.5 Å². The van der Waals surface area contributed by atoms with E-state index in [-0.39, 0.29) is 22.1 Å². The molecule has 0 saturated heterocycles. The summed E-state index contributed by atoms with van der Waals surface area (Å²) in [5.41, 5.74) is 15.6. The molecular weight excluding hydrogens is 404 g/mol. The molecule has 1 saturated carbocycles. The van der Waals surface area contributed by atoms with Crippen molar-refractivity contribution in [1.29, 1.82) is 0 Å². The van der Waals surface area contributed by atoms with Crippen LogP contribution in [0.15, 0.2) is 90.1 Å². The third-order valence-corrected chi connectivity index (χ3v) is 6.28. The Labute approximate surface area is 181 Å². The van der Waals surface area contributed by atoms with Crippen LogP contribution in [0, 0.1) is 0 Å². The van der Waals surface area contributed by atoms with Gasteiger partial charge in [-0.25, -0.2) is 4.79 Å². The fourth-order valence-electron chi connectivity index (χ4n) is 4.35. The molecule has 0 atom stereocenters. The minimum Gasteiger partial charge on any atom is -0.451 e. The Hall–Kier alpha value is -4.08. The van der Waals surface area contributed by atoms with Gasteiger partial charge in [-0.3, -0.25) is 9.78 Å². The van der Waals surface area contributed by atoms with Gasteiger partial charge in [0.1, 0.15) is 5.76 Å². The van der Waals surface area contributed by atoms with E-state index in [1.54, 1.807) is 12.1 Å². The summed E-state index contributed by atoms with van der Waals surface area (Å²) in [5.74, 6) is -0.228. The molecule has 0 aliphatic heterocycles. The monoisotopic (exact) mass is 422 g/mol. The SMILES string of the molecule is NC1(C2=C=C=C(c3c(-c4ccccc4)oc4c(ccc5[nH]c(=O)oc54)c3=O)C=C2)CCC1. The van der Waals surface area contributed by atoms with Crippen molar-refractivity contribution in [3.8, 4) is 11.3 Å². The minimum absolute atomic E-state index is 0.217. The van der Waals surface area contributed by atoms with E-state index in [0.717, 1.165) is 30.4 Å². The normalized spacial score (nSPS) is 16.8. The number of nitrogens with two attached hydrogens (primary N) is 1. The van der Waals surface area contributed by atoms with Crippen LogP contribution < -0.4 is 16.9 Å². The van der Waals surface area contributed by atoms with Gasteiger partial charge in [-0.1, -0.05) is 41.8 Å². The molecule has 2 aliphatic carbocycles. The van der Waals surface area contributed by atoms with Gasteiger partial charge >= 0.3 is 5.76 Å². The summed E-state index contributed by atoms with van der Waals surface area (Å²) >= 11 is 0. The molecule has 0 unspecified atom stereocenters. The Bertz CT molecular complexity index is 1660. The molecule has 6 heteroatoms. The molecule has 0 bridgehead atoms. The second-order valence-corrected chi connectivity index (χ2v) is 8.26. The molecule has 2 aromatic heterocycles. The third-order valence-electron chi connectivity index (χ3n) is 6.28. The van der Waals surface area contributed by atoms with Crippen LogP contribution in [0.5, 0.6) is 0 Å². The number of benzene rings is 2. The molecule has 0 spiro atoms. The highest BCUT2D eigenvalue weighted by atomic mass is 16.4. The van der Waals surface area contributed by atoms with Crippen molar-refractivity contribution in [2.75, 3.05) is 0 Å². The fraction of sp³-hybridized carbons (Fsp3) is 0.154. The van der Waals surface area contributed by atoms with E-state index in [1.807, 2.05) is 42.5 Å². The van der Waals surface area contributed by atoms with E-state index in [2.05, 4.69) is 16.4 Å². The summed E-state index contributed by atoms with van der Waals surface area (Å²) in [6.07, 6.45) is 6.70. The quantitative estimate of drug-likeness (QED) is 0.476. The van der Waals surface area contributed by atoms with Gasteiger partial charge in [0.2, 0.25) is 5.43 Å². The Morgan fingerprint density at radius 2 is 1.75 bits per heavy atom. The van der Waals surface area contributed by atoms with Crippen LogP contribution in [0.4, 0.5) is 0 Å². The first kappa shape index (κ1) is 18.7. The number of fused-ring (bicyclic) bond motifs is 3. The average molecular weight is 422 g/mol. The maximum absolute atomic E-state index is 13.7. The van der Waals surface area contributed by atoms with Crippen molar-refractivity contribution < 1.29 is 8.83 Å². The number of oxazole rings is 1. The summed E-state index contributed by atoms with van der Waals surface area (Å²) < 4.78 is 11.5. The number of hydrogen-bond donors (Lipinski definition) is 2. The molecule has 1 fully saturated rings. The highest BCUT2D eigenvalue weighted by molar-refractivity contribution is 6.01. The Morgan fingerprint density at radius 3 is 2.44 bits per heavy atom. The number of nitrogens with one attached hydrogen (secondary N) is 1. The number of aromatic amines is 1. The highest BCUT2D eigenvalue weighted by Gasteiger charge is 2.36. The largest absolute Gasteiger partial charge is 0.451 e. The first-order valence-corrected chi connectivity index (χ1v) is 10.5. The topological polar surface area (TPSA) is 102 Å². The molecule has 6 rings (SSSR count). The molecule has 2 aromatic carbocycles. The van der Waals surface area contributed by atoms with Gasteiger partial charge in [0, 0.05) is 22.2 Å². The van der Waals surface area contributed by atoms with Crippen molar-refractivity contribution in [2.24, 2.45) is 5.73 Å². The lowest BCUT2D eigenvalue weighted by Gasteiger charge is -2.38. The highest BCUT2D eigenvalue weighted by Crippen LogP contribution is 2.38.